The Labute approximate surface area is 124 Å². The van der Waals surface area contributed by atoms with Crippen LogP contribution in [0.1, 0.15) is 32.3 Å². The van der Waals surface area contributed by atoms with Crippen LogP contribution in [-0.2, 0) is 4.79 Å². The van der Waals surface area contributed by atoms with Crippen LogP contribution in [0.3, 0.4) is 0 Å². The topological polar surface area (TPSA) is 55.1 Å². The van der Waals surface area contributed by atoms with Crippen LogP contribution in [0.2, 0.25) is 0 Å². The Bertz CT molecular complexity index is 432. The fourth-order valence-electron chi connectivity index (χ4n) is 2.16. The van der Waals surface area contributed by atoms with Gasteiger partial charge in [-0.15, -0.1) is 0 Å². The van der Waals surface area contributed by atoms with Crippen molar-refractivity contribution in [1.29, 1.82) is 0 Å². The predicted octanol–water partition coefficient (Wildman–Crippen LogP) is 3.71. The molecule has 0 aliphatic heterocycles. The number of nitrogens with two attached hydrogens (primary N) is 1. The second kappa shape index (κ2) is 7.65. The van der Waals surface area contributed by atoms with E-state index < -0.39 is 0 Å². The van der Waals surface area contributed by atoms with E-state index in [9.17, 15) is 4.79 Å². The van der Waals surface area contributed by atoms with Crippen molar-refractivity contribution in [1.82, 2.24) is 0 Å². The van der Waals surface area contributed by atoms with Gasteiger partial charge in [0.05, 0.1) is 0 Å². The maximum absolute atomic E-state index is 12.0. The second-order valence-electron chi connectivity index (χ2n) is 5.44. The normalized spacial score (nSPS) is 12.5. The number of carbonyl (C=O) groups excluding carboxylic acids is 1. The van der Waals surface area contributed by atoms with Crippen LogP contribution in [0.4, 0.5) is 5.69 Å². The molecule has 0 saturated heterocycles. The number of aryl methyl sites for hydroxylation is 1. The molecule has 0 aliphatic carbocycles. The number of carbonyl (C=O) groups is 1. The van der Waals surface area contributed by atoms with Crippen LogP contribution in [-0.4, -0.2) is 12.5 Å². The van der Waals surface area contributed by atoms with Crippen molar-refractivity contribution in [2.24, 2.45) is 17.6 Å². The summed E-state index contributed by atoms with van der Waals surface area (Å²) in [6.07, 6.45) is 1.48. The van der Waals surface area contributed by atoms with E-state index in [4.69, 9.17) is 5.73 Å². The van der Waals surface area contributed by atoms with Gasteiger partial charge in [0.1, 0.15) is 0 Å². The molecule has 1 unspecified atom stereocenters. The van der Waals surface area contributed by atoms with Gasteiger partial charge in [-0.05, 0) is 55.5 Å². The molecule has 1 atom stereocenters. The molecule has 1 rings (SSSR count). The summed E-state index contributed by atoms with van der Waals surface area (Å²) in [6.45, 7) is 6.85. The number of halogens is 1. The van der Waals surface area contributed by atoms with Crippen molar-refractivity contribution in [2.75, 3.05) is 11.9 Å². The molecule has 0 saturated carbocycles. The summed E-state index contributed by atoms with van der Waals surface area (Å²) >= 11 is 3.41. The van der Waals surface area contributed by atoms with E-state index >= 15 is 0 Å². The van der Waals surface area contributed by atoms with Crippen molar-refractivity contribution < 1.29 is 4.79 Å². The Balaban J connectivity index is 2.59. The lowest BCUT2D eigenvalue weighted by Crippen LogP contribution is -2.23. The van der Waals surface area contributed by atoms with Crippen LogP contribution in [0.15, 0.2) is 22.7 Å². The Morgan fingerprint density at radius 1 is 1.42 bits per heavy atom. The fourth-order valence-corrected chi connectivity index (χ4v) is 2.64. The molecule has 0 fully saturated rings. The zero-order chi connectivity index (χ0) is 14.4. The van der Waals surface area contributed by atoms with Crippen LogP contribution < -0.4 is 11.1 Å². The molecule has 1 aromatic carbocycles. The molecule has 19 heavy (non-hydrogen) atoms. The highest BCUT2D eigenvalue weighted by Crippen LogP contribution is 2.21. The summed E-state index contributed by atoms with van der Waals surface area (Å²) in [5, 5.41) is 2.96. The van der Waals surface area contributed by atoms with Gasteiger partial charge in [-0.3, -0.25) is 4.79 Å². The minimum atomic E-state index is 0.0431. The summed E-state index contributed by atoms with van der Waals surface area (Å²) in [5.74, 6) is 0.869. The van der Waals surface area contributed by atoms with Crippen molar-refractivity contribution in [3.05, 3.63) is 28.2 Å². The molecule has 4 heteroatoms. The third-order valence-corrected chi connectivity index (χ3v) is 3.57. The molecule has 0 radical (unpaired) electrons. The van der Waals surface area contributed by atoms with Gasteiger partial charge in [-0.25, -0.2) is 0 Å². The highest BCUT2D eigenvalue weighted by atomic mass is 79.9. The number of anilines is 1. The van der Waals surface area contributed by atoms with E-state index in [1.54, 1.807) is 0 Å². The third kappa shape index (κ3) is 5.74. The quantitative estimate of drug-likeness (QED) is 0.837. The molecule has 0 spiro atoms. The highest BCUT2D eigenvalue weighted by molar-refractivity contribution is 9.10. The SMILES string of the molecule is Cc1cc(Br)ccc1NC(=O)CC(CN)CC(C)C. The summed E-state index contributed by atoms with van der Waals surface area (Å²) in [6, 6.07) is 5.83. The predicted molar refractivity (Wildman–Crippen MR) is 84.1 cm³/mol. The van der Waals surface area contributed by atoms with Gasteiger partial charge >= 0.3 is 0 Å². The molecule has 0 aromatic heterocycles. The Morgan fingerprint density at radius 2 is 2.11 bits per heavy atom. The lowest BCUT2D eigenvalue weighted by Gasteiger charge is -2.17. The first-order valence-corrected chi connectivity index (χ1v) is 7.47. The van der Waals surface area contributed by atoms with Crippen LogP contribution in [0.5, 0.6) is 0 Å². The number of nitrogens with one attached hydrogen (secondary N) is 1. The van der Waals surface area contributed by atoms with Gasteiger partial charge in [0.25, 0.3) is 0 Å². The summed E-state index contributed by atoms with van der Waals surface area (Å²) < 4.78 is 1.02. The van der Waals surface area contributed by atoms with E-state index in [1.807, 2.05) is 25.1 Å². The number of hydrogen-bond acceptors (Lipinski definition) is 2. The van der Waals surface area contributed by atoms with E-state index in [-0.39, 0.29) is 11.8 Å². The average molecular weight is 327 g/mol. The Hall–Kier alpha value is -0.870. The largest absolute Gasteiger partial charge is 0.330 e. The first-order chi connectivity index (χ1) is 8.92. The number of benzene rings is 1. The maximum Gasteiger partial charge on any atom is 0.224 e. The molecule has 1 amide bonds. The minimum absolute atomic E-state index is 0.0431. The monoisotopic (exact) mass is 326 g/mol. The van der Waals surface area contributed by atoms with Crippen LogP contribution in [0.25, 0.3) is 0 Å². The van der Waals surface area contributed by atoms with Gasteiger partial charge in [-0.1, -0.05) is 29.8 Å². The van der Waals surface area contributed by atoms with Gasteiger partial charge in [0.15, 0.2) is 0 Å². The van der Waals surface area contributed by atoms with E-state index in [0.717, 1.165) is 22.1 Å². The number of hydrogen-bond donors (Lipinski definition) is 2. The number of rotatable bonds is 6. The zero-order valence-corrected chi connectivity index (χ0v) is 13.5. The maximum atomic E-state index is 12.0. The van der Waals surface area contributed by atoms with Gasteiger partial charge in [0.2, 0.25) is 5.91 Å². The molecule has 1 aromatic rings. The minimum Gasteiger partial charge on any atom is -0.330 e. The first kappa shape index (κ1) is 16.2. The van der Waals surface area contributed by atoms with Gasteiger partial charge < -0.3 is 11.1 Å². The third-order valence-electron chi connectivity index (χ3n) is 3.07. The van der Waals surface area contributed by atoms with E-state index in [2.05, 4.69) is 35.1 Å². The van der Waals surface area contributed by atoms with Crippen LogP contribution >= 0.6 is 15.9 Å². The average Bonchev–Trinajstić information content (AvgIpc) is 2.31. The number of amides is 1. The molecule has 0 heterocycles. The highest BCUT2D eigenvalue weighted by Gasteiger charge is 2.14. The lowest BCUT2D eigenvalue weighted by atomic mass is 9.94. The smallest absolute Gasteiger partial charge is 0.224 e. The summed E-state index contributed by atoms with van der Waals surface area (Å²) in [7, 11) is 0. The summed E-state index contributed by atoms with van der Waals surface area (Å²) in [5.41, 5.74) is 7.65. The fraction of sp³-hybridized carbons (Fsp3) is 0.533. The molecule has 3 N–H and O–H groups in total. The molecular formula is C15H23BrN2O. The first-order valence-electron chi connectivity index (χ1n) is 6.68. The van der Waals surface area contributed by atoms with E-state index in [0.29, 0.717) is 18.9 Å². The molecule has 0 bridgehead atoms. The van der Waals surface area contributed by atoms with Crippen molar-refractivity contribution in [3.63, 3.8) is 0 Å². The van der Waals surface area contributed by atoms with Gasteiger partial charge in [-0.2, -0.15) is 0 Å². The molecular weight excluding hydrogens is 304 g/mol. The lowest BCUT2D eigenvalue weighted by molar-refractivity contribution is -0.117. The van der Waals surface area contributed by atoms with Crippen LogP contribution in [0, 0.1) is 18.8 Å². The zero-order valence-electron chi connectivity index (χ0n) is 11.9. The molecule has 3 nitrogen and oxygen atoms in total. The second-order valence-corrected chi connectivity index (χ2v) is 6.36. The Morgan fingerprint density at radius 3 is 2.63 bits per heavy atom. The standard InChI is InChI=1S/C15H23BrN2O/c1-10(2)6-12(9-17)8-15(19)18-14-5-4-13(16)7-11(14)3/h4-5,7,10,12H,6,8-9,17H2,1-3H3,(H,18,19). The van der Waals surface area contributed by atoms with Gasteiger partial charge in [0, 0.05) is 16.6 Å². The van der Waals surface area contributed by atoms with E-state index in [1.165, 1.54) is 0 Å². The van der Waals surface area contributed by atoms with Crippen molar-refractivity contribution in [3.8, 4) is 0 Å². The van der Waals surface area contributed by atoms with Crippen molar-refractivity contribution in [2.45, 2.75) is 33.6 Å². The molecule has 0 aliphatic rings. The van der Waals surface area contributed by atoms with Crippen molar-refractivity contribution >= 4 is 27.5 Å². The molecule has 106 valence electrons. The summed E-state index contributed by atoms with van der Waals surface area (Å²) in [4.78, 5) is 12.0. The Kier molecular flexibility index (Phi) is 6.52.